The average Bonchev–Trinajstić information content (AvgIpc) is 2.12. The third-order valence-corrected chi connectivity index (χ3v) is 1.62. The Morgan fingerprint density at radius 2 is 2.00 bits per heavy atom. The van der Waals surface area contributed by atoms with E-state index in [-0.39, 0.29) is 12.5 Å². The molecule has 0 saturated carbocycles. The van der Waals surface area contributed by atoms with E-state index < -0.39 is 24.0 Å². The first kappa shape index (κ1) is 12.9. The summed E-state index contributed by atoms with van der Waals surface area (Å²) in [5, 5.41) is 8.66. The van der Waals surface area contributed by atoms with Crippen molar-refractivity contribution in [3.8, 4) is 0 Å². The standard InChI is InChI=1S/C8H16N2O4/c1-5(2)3-14-7(13)8(10,4-9)6(11)12/h5H,3-4,9-10H2,1-2H3,(H,11,12). The van der Waals surface area contributed by atoms with Crippen molar-refractivity contribution in [3.05, 3.63) is 0 Å². The molecule has 1 atom stereocenters. The summed E-state index contributed by atoms with van der Waals surface area (Å²) in [5.41, 5.74) is 8.25. The van der Waals surface area contributed by atoms with E-state index >= 15 is 0 Å². The Bertz CT molecular complexity index is 229. The van der Waals surface area contributed by atoms with Crippen molar-refractivity contribution in [1.29, 1.82) is 0 Å². The normalized spacial score (nSPS) is 14.9. The fourth-order valence-corrected chi connectivity index (χ4v) is 0.629. The Labute approximate surface area is 82.2 Å². The molecule has 82 valence electrons. The minimum Gasteiger partial charge on any atom is -0.479 e. The quantitative estimate of drug-likeness (QED) is 0.388. The predicted octanol–water partition coefficient (Wildman–Crippen LogP) is -1.07. The number of carbonyl (C=O) groups excluding carboxylic acids is 1. The van der Waals surface area contributed by atoms with Gasteiger partial charge in [-0.25, -0.2) is 9.59 Å². The lowest BCUT2D eigenvalue weighted by molar-refractivity contribution is -0.161. The minimum absolute atomic E-state index is 0.120. The Balaban J connectivity index is 4.40. The van der Waals surface area contributed by atoms with Gasteiger partial charge in [0.15, 0.2) is 0 Å². The van der Waals surface area contributed by atoms with E-state index in [0.29, 0.717) is 0 Å². The lowest BCUT2D eigenvalue weighted by Crippen LogP contribution is -2.60. The number of carboxylic acids is 1. The van der Waals surface area contributed by atoms with Crippen molar-refractivity contribution in [2.45, 2.75) is 19.4 Å². The monoisotopic (exact) mass is 204 g/mol. The van der Waals surface area contributed by atoms with E-state index in [1.807, 2.05) is 13.8 Å². The first-order chi connectivity index (χ1) is 6.34. The van der Waals surface area contributed by atoms with E-state index in [9.17, 15) is 9.59 Å². The lowest BCUT2D eigenvalue weighted by atomic mass is 10.0. The van der Waals surface area contributed by atoms with Crippen LogP contribution in [0.4, 0.5) is 0 Å². The van der Waals surface area contributed by atoms with Gasteiger partial charge in [0, 0.05) is 6.54 Å². The lowest BCUT2D eigenvalue weighted by Gasteiger charge is -2.21. The Morgan fingerprint density at radius 3 is 2.29 bits per heavy atom. The molecule has 0 heterocycles. The van der Waals surface area contributed by atoms with Gasteiger partial charge < -0.3 is 21.3 Å². The molecule has 0 amide bonds. The molecule has 0 aliphatic carbocycles. The van der Waals surface area contributed by atoms with Crippen LogP contribution in [0.5, 0.6) is 0 Å². The van der Waals surface area contributed by atoms with Gasteiger partial charge in [-0.3, -0.25) is 0 Å². The third-order valence-electron chi connectivity index (χ3n) is 1.62. The highest BCUT2D eigenvalue weighted by Gasteiger charge is 2.42. The Morgan fingerprint density at radius 1 is 1.50 bits per heavy atom. The SMILES string of the molecule is CC(C)COC(=O)C(N)(CN)C(=O)O. The van der Waals surface area contributed by atoms with Crippen molar-refractivity contribution < 1.29 is 19.4 Å². The summed E-state index contributed by atoms with van der Waals surface area (Å²) in [6.45, 7) is 3.30. The molecule has 6 heteroatoms. The van der Waals surface area contributed by atoms with E-state index in [4.69, 9.17) is 21.3 Å². The third kappa shape index (κ3) is 2.97. The van der Waals surface area contributed by atoms with Crippen LogP contribution in [0.1, 0.15) is 13.8 Å². The molecule has 0 aliphatic heterocycles. The predicted molar refractivity (Wildman–Crippen MR) is 49.4 cm³/mol. The molecule has 0 aromatic carbocycles. The topological polar surface area (TPSA) is 116 Å². The summed E-state index contributed by atoms with van der Waals surface area (Å²) in [6.07, 6.45) is 0. The van der Waals surface area contributed by atoms with Crippen molar-refractivity contribution in [2.24, 2.45) is 17.4 Å². The molecule has 5 N–H and O–H groups in total. The smallest absolute Gasteiger partial charge is 0.339 e. The van der Waals surface area contributed by atoms with Gasteiger partial charge in [-0.2, -0.15) is 0 Å². The van der Waals surface area contributed by atoms with Crippen LogP contribution in [0.25, 0.3) is 0 Å². The highest BCUT2D eigenvalue weighted by atomic mass is 16.5. The van der Waals surface area contributed by atoms with Gasteiger partial charge >= 0.3 is 11.9 Å². The molecule has 0 aromatic heterocycles. The maximum atomic E-state index is 11.2. The number of hydrogen-bond donors (Lipinski definition) is 3. The van der Waals surface area contributed by atoms with Crippen molar-refractivity contribution >= 4 is 11.9 Å². The number of aliphatic carboxylic acids is 1. The number of rotatable bonds is 5. The maximum absolute atomic E-state index is 11.2. The van der Waals surface area contributed by atoms with Gasteiger partial charge in [-0.15, -0.1) is 0 Å². The molecule has 0 radical (unpaired) electrons. The molecule has 0 fully saturated rings. The molecular formula is C8H16N2O4. The van der Waals surface area contributed by atoms with Crippen LogP contribution < -0.4 is 11.5 Å². The second-order valence-electron chi connectivity index (χ2n) is 3.47. The van der Waals surface area contributed by atoms with Crippen LogP contribution in [-0.4, -0.2) is 35.7 Å². The number of ether oxygens (including phenoxy) is 1. The van der Waals surface area contributed by atoms with Gasteiger partial charge in [0.2, 0.25) is 5.54 Å². The molecular weight excluding hydrogens is 188 g/mol. The first-order valence-electron chi connectivity index (χ1n) is 4.24. The molecule has 0 bridgehead atoms. The molecule has 0 rings (SSSR count). The van der Waals surface area contributed by atoms with Crippen LogP contribution in [0.2, 0.25) is 0 Å². The van der Waals surface area contributed by atoms with Gasteiger partial charge in [0.05, 0.1) is 6.61 Å². The zero-order valence-electron chi connectivity index (χ0n) is 8.32. The van der Waals surface area contributed by atoms with E-state index in [1.54, 1.807) is 0 Å². The highest BCUT2D eigenvalue weighted by molar-refractivity contribution is 6.04. The second-order valence-corrected chi connectivity index (χ2v) is 3.47. The van der Waals surface area contributed by atoms with E-state index in [2.05, 4.69) is 0 Å². The molecule has 6 nitrogen and oxygen atoms in total. The molecule has 14 heavy (non-hydrogen) atoms. The summed E-state index contributed by atoms with van der Waals surface area (Å²) >= 11 is 0. The summed E-state index contributed by atoms with van der Waals surface area (Å²) in [5.74, 6) is -2.36. The van der Waals surface area contributed by atoms with Crippen LogP contribution in [0.3, 0.4) is 0 Å². The summed E-state index contributed by atoms with van der Waals surface area (Å²) in [7, 11) is 0. The molecule has 0 spiro atoms. The number of carboxylic acid groups (broad SMARTS) is 1. The van der Waals surface area contributed by atoms with Crippen molar-refractivity contribution in [3.63, 3.8) is 0 Å². The minimum atomic E-state index is -2.13. The number of esters is 1. The van der Waals surface area contributed by atoms with E-state index in [1.165, 1.54) is 0 Å². The summed E-state index contributed by atoms with van der Waals surface area (Å²) < 4.78 is 4.70. The summed E-state index contributed by atoms with van der Waals surface area (Å²) in [6, 6.07) is 0. The summed E-state index contributed by atoms with van der Waals surface area (Å²) in [4.78, 5) is 21.9. The molecule has 0 aromatic rings. The zero-order chi connectivity index (χ0) is 11.4. The molecule has 0 saturated heterocycles. The van der Waals surface area contributed by atoms with Gasteiger partial charge in [0.25, 0.3) is 0 Å². The second kappa shape index (κ2) is 4.92. The van der Waals surface area contributed by atoms with E-state index in [0.717, 1.165) is 0 Å². The molecule has 1 unspecified atom stereocenters. The zero-order valence-corrected chi connectivity index (χ0v) is 8.32. The Kier molecular flexibility index (Phi) is 4.52. The van der Waals surface area contributed by atoms with Gasteiger partial charge in [-0.1, -0.05) is 13.8 Å². The van der Waals surface area contributed by atoms with Gasteiger partial charge in [0.1, 0.15) is 0 Å². The largest absolute Gasteiger partial charge is 0.479 e. The fraction of sp³-hybridized carbons (Fsp3) is 0.750. The number of nitrogens with two attached hydrogens (primary N) is 2. The Hall–Kier alpha value is -1.14. The van der Waals surface area contributed by atoms with Crippen LogP contribution >= 0.6 is 0 Å². The van der Waals surface area contributed by atoms with Gasteiger partial charge in [-0.05, 0) is 5.92 Å². The number of carbonyl (C=O) groups is 2. The van der Waals surface area contributed by atoms with Crippen LogP contribution in [-0.2, 0) is 14.3 Å². The number of hydrogen-bond acceptors (Lipinski definition) is 5. The van der Waals surface area contributed by atoms with Crippen molar-refractivity contribution in [1.82, 2.24) is 0 Å². The first-order valence-corrected chi connectivity index (χ1v) is 4.24. The molecule has 0 aliphatic rings. The van der Waals surface area contributed by atoms with Crippen LogP contribution in [0.15, 0.2) is 0 Å². The fourth-order valence-electron chi connectivity index (χ4n) is 0.629. The average molecular weight is 204 g/mol. The van der Waals surface area contributed by atoms with Crippen molar-refractivity contribution in [2.75, 3.05) is 13.2 Å². The maximum Gasteiger partial charge on any atom is 0.339 e. The van der Waals surface area contributed by atoms with Crippen LogP contribution in [0, 0.1) is 5.92 Å². The highest BCUT2D eigenvalue weighted by Crippen LogP contribution is 2.04.